The zero-order chi connectivity index (χ0) is 14.1. The molecule has 4 heteroatoms. The molecule has 3 rings (SSSR count). The second kappa shape index (κ2) is 5.29. The van der Waals surface area contributed by atoms with E-state index in [1.54, 1.807) is 0 Å². The summed E-state index contributed by atoms with van der Waals surface area (Å²) >= 11 is 1.53. The molecule has 0 saturated carbocycles. The summed E-state index contributed by atoms with van der Waals surface area (Å²) < 4.78 is 0. The number of nitrogen functional groups attached to an aromatic ring is 1. The molecule has 0 unspecified atom stereocenters. The normalized spacial score (nSPS) is 14.2. The lowest BCUT2D eigenvalue weighted by Crippen LogP contribution is -2.35. The zero-order valence-corrected chi connectivity index (χ0v) is 12.4. The number of benzene rings is 1. The second-order valence-electron chi connectivity index (χ2n) is 5.08. The summed E-state index contributed by atoms with van der Waals surface area (Å²) in [4.78, 5) is 15.6. The third-order valence-corrected chi connectivity index (χ3v) is 4.74. The maximum atomic E-state index is 12.8. The molecule has 1 aliphatic rings. The molecule has 0 atom stereocenters. The molecule has 0 fully saturated rings. The van der Waals surface area contributed by atoms with Gasteiger partial charge in [0.05, 0.1) is 4.88 Å². The lowest BCUT2D eigenvalue weighted by Gasteiger charge is -2.29. The van der Waals surface area contributed by atoms with E-state index in [9.17, 15) is 4.79 Å². The van der Waals surface area contributed by atoms with E-state index in [1.165, 1.54) is 16.9 Å². The number of rotatable bonds is 2. The fraction of sp³-hybridized carbons (Fsp3) is 0.312. The highest BCUT2D eigenvalue weighted by molar-refractivity contribution is 7.12. The van der Waals surface area contributed by atoms with E-state index in [2.05, 4.69) is 6.92 Å². The summed E-state index contributed by atoms with van der Waals surface area (Å²) in [5.74, 6) is 0.114. The van der Waals surface area contributed by atoms with Crippen molar-refractivity contribution in [3.8, 4) is 0 Å². The topological polar surface area (TPSA) is 46.3 Å². The van der Waals surface area contributed by atoms with Crippen molar-refractivity contribution in [1.82, 2.24) is 0 Å². The van der Waals surface area contributed by atoms with Crippen molar-refractivity contribution in [3.05, 3.63) is 45.6 Å². The Labute approximate surface area is 123 Å². The van der Waals surface area contributed by atoms with E-state index < -0.39 is 0 Å². The zero-order valence-electron chi connectivity index (χ0n) is 11.6. The van der Waals surface area contributed by atoms with Crippen LogP contribution < -0.4 is 10.6 Å². The summed E-state index contributed by atoms with van der Waals surface area (Å²) in [6.07, 6.45) is 2.92. The van der Waals surface area contributed by atoms with E-state index in [0.717, 1.165) is 41.9 Å². The van der Waals surface area contributed by atoms with E-state index in [4.69, 9.17) is 5.73 Å². The van der Waals surface area contributed by atoms with Gasteiger partial charge in [-0.05, 0) is 54.0 Å². The van der Waals surface area contributed by atoms with Crippen LogP contribution in [0.15, 0.2) is 29.6 Å². The van der Waals surface area contributed by atoms with Crippen LogP contribution in [0.1, 0.15) is 34.1 Å². The van der Waals surface area contributed by atoms with Crippen LogP contribution >= 0.6 is 11.3 Å². The van der Waals surface area contributed by atoms with Crippen LogP contribution in [0.2, 0.25) is 0 Å². The quantitative estimate of drug-likeness (QED) is 0.859. The Morgan fingerprint density at radius 1 is 1.40 bits per heavy atom. The first-order chi connectivity index (χ1) is 9.70. The minimum absolute atomic E-state index is 0.114. The monoisotopic (exact) mass is 286 g/mol. The molecule has 3 nitrogen and oxygen atoms in total. The number of hydrogen-bond donors (Lipinski definition) is 1. The molecule has 2 heterocycles. The third kappa shape index (κ3) is 2.20. The molecule has 20 heavy (non-hydrogen) atoms. The van der Waals surface area contributed by atoms with Crippen molar-refractivity contribution < 1.29 is 4.79 Å². The van der Waals surface area contributed by atoms with Crippen LogP contribution in [0, 0.1) is 0 Å². The number of amides is 1. The second-order valence-corrected chi connectivity index (χ2v) is 5.99. The van der Waals surface area contributed by atoms with E-state index >= 15 is 0 Å². The van der Waals surface area contributed by atoms with E-state index in [-0.39, 0.29) is 5.91 Å². The highest BCUT2D eigenvalue weighted by Crippen LogP contribution is 2.31. The standard InChI is InChI=1S/C16H18N2OS/c1-2-11-7-9-20-15(11)16(19)18-8-3-4-12-5-6-13(17)10-14(12)18/h5-7,9-10H,2-4,8,17H2,1H3. The third-order valence-electron chi connectivity index (χ3n) is 3.80. The first kappa shape index (κ1) is 13.2. The fourth-order valence-corrected chi connectivity index (χ4v) is 3.67. The van der Waals surface area contributed by atoms with Crippen molar-refractivity contribution in [2.45, 2.75) is 26.2 Å². The van der Waals surface area contributed by atoms with Gasteiger partial charge in [-0.25, -0.2) is 0 Å². The Balaban J connectivity index is 2.00. The van der Waals surface area contributed by atoms with Crippen LogP contribution in [-0.4, -0.2) is 12.5 Å². The highest BCUT2D eigenvalue weighted by atomic mass is 32.1. The molecule has 0 radical (unpaired) electrons. The van der Waals surface area contributed by atoms with E-state index in [1.807, 2.05) is 34.5 Å². The molecule has 1 amide bonds. The van der Waals surface area contributed by atoms with Crippen LogP contribution in [-0.2, 0) is 12.8 Å². The van der Waals surface area contributed by atoms with Gasteiger partial charge in [-0.2, -0.15) is 0 Å². The number of aryl methyl sites for hydroxylation is 2. The van der Waals surface area contributed by atoms with Crippen LogP contribution in [0.3, 0.4) is 0 Å². The molecule has 1 aromatic heterocycles. The Kier molecular flexibility index (Phi) is 3.49. The van der Waals surface area contributed by atoms with Crippen molar-refractivity contribution in [3.63, 3.8) is 0 Å². The molecule has 0 aliphatic carbocycles. The van der Waals surface area contributed by atoms with Crippen LogP contribution in [0.5, 0.6) is 0 Å². The predicted molar refractivity (Wildman–Crippen MR) is 84.5 cm³/mol. The van der Waals surface area contributed by atoms with Gasteiger partial charge < -0.3 is 10.6 Å². The van der Waals surface area contributed by atoms with Gasteiger partial charge in [0.25, 0.3) is 5.91 Å². The number of thiophene rings is 1. The molecule has 104 valence electrons. The lowest BCUT2D eigenvalue weighted by atomic mass is 10.0. The summed E-state index contributed by atoms with van der Waals surface area (Å²) in [5, 5.41) is 2.00. The molecular formula is C16H18N2OS. The van der Waals surface area contributed by atoms with Gasteiger partial charge in [0.2, 0.25) is 0 Å². The van der Waals surface area contributed by atoms with E-state index in [0.29, 0.717) is 5.69 Å². The SMILES string of the molecule is CCc1ccsc1C(=O)N1CCCc2ccc(N)cc21. The number of hydrogen-bond acceptors (Lipinski definition) is 3. The van der Waals surface area contributed by atoms with Gasteiger partial charge in [-0.3, -0.25) is 4.79 Å². The highest BCUT2D eigenvalue weighted by Gasteiger charge is 2.25. The van der Waals surface area contributed by atoms with Gasteiger partial charge >= 0.3 is 0 Å². The Morgan fingerprint density at radius 2 is 2.25 bits per heavy atom. The van der Waals surface area contributed by atoms with Crippen molar-refractivity contribution in [1.29, 1.82) is 0 Å². The summed E-state index contributed by atoms with van der Waals surface area (Å²) in [7, 11) is 0. The Morgan fingerprint density at radius 3 is 3.05 bits per heavy atom. The molecule has 1 aliphatic heterocycles. The molecule has 2 N–H and O–H groups in total. The van der Waals surface area contributed by atoms with Gasteiger partial charge in [-0.15, -0.1) is 11.3 Å². The number of carbonyl (C=O) groups is 1. The molecule has 1 aromatic carbocycles. The average molecular weight is 286 g/mol. The van der Waals surface area contributed by atoms with Gasteiger partial charge in [0, 0.05) is 17.9 Å². The van der Waals surface area contributed by atoms with Gasteiger partial charge in [0.1, 0.15) is 0 Å². The molecular weight excluding hydrogens is 268 g/mol. The van der Waals surface area contributed by atoms with Gasteiger partial charge in [-0.1, -0.05) is 13.0 Å². The smallest absolute Gasteiger partial charge is 0.268 e. The predicted octanol–water partition coefficient (Wildman–Crippen LogP) is 3.49. The van der Waals surface area contributed by atoms with Gasteiger partial charge in [0.15, 0.2) is 0 Å². The maximum Gasteiger partial charge on any atom is 0.268 e. The Hall–Kier alpha value is -1.81. The number of carbonyl (C=O) groups excluding carboxylic acids is 1. The molecule has 2 aromatic rings. The maximum absolute atomic E-state index is 12.8. The molecule has 0 spiro atoms. The largest absolute Gasteiger partial charge is 0.399 e. The summed E-state index contributed by atoms with van der Waals surface area (Å²) in [6.45, 7) is 2.86. The average Bonchev–Trinajstić information content (AvgIpc) is 2.94. The first-order valence-corrected chi connectivity index (χ1v) is 7.85. The first-order valence-electron chi connectivity index (χ1n) is 6.97. The number of nitrogens with zero attached hydrogens (tertiary/aromatic N) is 1. The van der Waals surface area contributed by atoms with Crippen molar-refractivity contribution in [2.75, 3.05) is 17.2 Å². The number of nitrogens with two attached hydrogens (primary N) is 1. The lowest BCUT2D eigenvalue weighted by molar-refractivity contribution is 0.0988. The van der Waals surface area contributed by atoms with Crippen molar-refractivity contribution in [2.24, 2.45) is 0 Å². The number of anilines is 2. The molecule has 0 saturated heterocycles. The summed E-state index contributed by atoms with van der Waals surface area (Å²) in [6, 6.07) is 7.92. The summed E-state index contributed by atoms with van der Waals surface area (Å²) in [5.41, 5.74) is 9.93. The number of fused-ring (bicyclic) bond motifs is 1. The van der Waals surface area contributed by atoms with Crippen molar-refractivity contribution >= 4 is 28.6 Å². The van der Waals surface area contributed by atoms with Crippen LogP contribution in [0.4, 0.5) is 11.4 Å². The van der Waals surface area contributed by atoms with Crippen LogP contribution in [0.25, 0.3) is 0 Å². The molecule has 0 bridgehead atoms. The Bertz CT molecular complexity index is 648. The fourth-order valence-electron chi connectivity index (χ4n) is 2.73. The minimum atomic E-state index is 0.114. The minimum Gasteiger partial charge on any atom is -0.399 e.